The van der Waals surface area contributed by atoms with Gasteiger partial charge in [-0.2, -0.15) is 5.10 Å². The van der Waals surface area contributed by atoms with Gasteiger partial charge in [-0.1, -0.05) is 20.8 Å². The molecule has 1 aromatic rings. The standard InChI is InChI=1S/C18H30N4O.ClH/c1-18(2,3)11-15-10-16(22(4)21-15)20-17(23)9-12-7-13-5-6-14(8-12)19-13;/h10,12-14,19H,5-9,11H2,1-4H3,(H,20,23);1H. The molecule has 0 spiro atoms. The largest absolute Gasteiger partial charge is 0.311 e. The van der Waals surface area contributed by atoms with E-state index in [0.29, 0.717) is 24.4 Å². The zero-order chi connectivity index (χ0) is 16.6. The summed E-state index contributed by atoms with van der Waals surface area (Å²) in [6.45, 7) is 6.60. The fourth-order valence-electron chi connectivity index (χ4n) is 4.07. The molecule has 0 radical (unpaired) electrons. The van der Waals surface area contributed by atoms with Gasteiger partial charge in [0, 0.05) is 31.6 Å². The van der Waals surface area contributed by atoms with E-state index in [1.807, 2.05) is 13.1 Å². The van der Waals surface area contributed by atoms with Crippen LogP contribution in [-0.4, -0.2) is 27.8 Å². The Labute approximate surface area is 151 Å². The molecule has 2 N–H and O–H groups in total. The van der Waals surface area contributed by atoms with Crippen molar-refractivity contribution in [2.45, 2.75) is 71.4 Å². The minimum absolute atomic E-state index is 0. The summed E-state index contributed by atoms with van der Waals surface area (Å²) in [5.74, 6) is 1.46. The summed E-state index contributed by atoms with van der Waals surface area (Å²) in [7, 11) is 1.90. The Hall–Kier alpha value is -1.07. The third kappa shape index (κ3) is 4.96. The van der Waals surface area contributed by atoms with Gasteiger partial charge < -0.3 is 10.6 Å². The van der Waals surface area contributed by atoms with E-state index in [2.05, 4.69) is 36.5 Å². The Bertz CT molecular complexity index is 566. The van der Waals surface area contributed by atoms with Gasteiger partial charge in [0.25, 0.3) is 0 Å². The van der Waals surface area contributed by atoms with Crippen LogP contribution in [0.2, 0.25) is 0 Å². The van der Waals surface area contributed by atoms with E-state index in [4.69, 9.17) is 0 Å². The Morgan fingerprint density at radius 2 is 1.96 bits per heavy atom. The molecule has 2 fully saturated rings. The Morgan fingerprint density at radius 1 is 1.33 bits per heavy atom. The van der Waals surface area contributed by atoms with Crippen molar-refractivity contribution >= 4 is 24.1 Å². The number of anilines is 1. The normalized spacial score (nSPS) is 26.1. The predicted molar refractivity (Wildman–Crippen MR) is 99.5 cm³/mol. The Kier molecular flexibility index (Phi) is 5.97. The first-order valence-electron chi connectivity index (χ1n) is 8.87. The van der Waals surface area contributed by atoms with Crippen LogP contribution in [0, 0.1) is 11.3 Å². The Balaban J connectivity index is 0.00000208. The van der Waals surface area contributed by atoms with Crippen molar-refractivity contribution in [3.8, 4) is 0 Å². The number of nitrogens with one attached hydrogen (secondary N) is 2. The second-order valence-corrected chi connectivity index (χ2v) is 8.61. The first-order chi connectivity index (χ1) is 10.8. The van der Waals surface area contributed by atoms with E-state index in [1.54, 1.807) is 4.68 Å². The SMILES string of the molecule is Cl.Cn1nc(CC(C)(C)C)cc1NC(=O)CC1CC2CCC(C1)N2. The number of piperidine rings is 1. The highest BCUT2D eigenvalue weighted by molar-refractivity contribution is 5.90. The molecule has 136 valence electrons. The number of rotatable bonds is 4. The van der Waals surface area contributed by atoms with Crippen LogP contribution < -0.4 is 10.6 Å². The maximum Gasteiger partial charge on any atom is 0.225 e. The van der Waals surface area contributed by atoms with Crippen LogP contribution >= 0.6 is 12.4 Å². The number of amides is 1. The van der Waals surface area contributed by atoms with E-state index in [1.165, 1.54) is 12.8 Å². The topological polar surface area (TPSA) is 59.0 Å². The molecule has 2 atom stereocenters. The van der Waals surface area contributed by atoms with E-state index in [9.17, 15) is 4.79 Å². The summed E-state index contributed by atoms with van der Waals surface area (Å²) in [6, 6.07) is 3.29. The molecule has 2 saturated heterocycles. The lowest BCUT2D eigenvalue weighted by atomic mass is 9.89. The highest BCUT2D eigenvalue weighted by atomic mass is 35.5. The lowest BCUT2D eigenvalue weighted by molar-refractivity contribution is -0.117. The molecule has 1 aromatic heterocycles. The summed E-state index contributed by atoms with van der Waals surface area (Å²) in [5.41, 5.74) is 1.24. The van der Waals surface area contributed by atoms with Crippen molar-refractivity contribution in [2.75, 3.05) is 5.32 Å². The summed E-state index contributed by atoms with van der Waals surface area (Å²) in [5, 5.41) is 11.2. The predicted octanol–water partition coefficient (Wildman–Crippen LogP) is 3.29. The second-order valence-electron chi connectivity index (χ2n) is 8.61. The van der Waals surface area contributed by atoms with Gasteiger partial charge in [0.1, 0.15) is 5.82 Å². The number of carbonyl (C=O) groups excluding carboxylic acids is 1. The van der Waals surface area contributed by atoms with Crippen molar-refractivity contribution in [3.63, 3.8) is 0 Å². The lowest BCUT2D eigenvalue weighted by Crippen LogP contribution is -2.39. The average molecular weight is 355 g/mol. The van der Waals surface area contributed by atoms with E-state index >= 15 is 0 Å². The van der Waals surface area contributed by atoms with Crippen molar-refractivity contribution in [3.05, 3.63) is 11.8 Å². The van der Waals surface area contributed by atoms with Gasteiger partial charge in [-0.25, -0.2) is 0 Å². The highest BCUT2D eigenvalue weighted by Crippen LogP contribution is 2.32. The summed E-state index contributed by atoms with van der Waals surface area (Å²) >= 11 is 0. The smallest absolute Gasteiger partial charge is 0.225 e. The summed E-state index contributed by atoms with van der Waals surface area (Å²) in [6.07, 6.45) is 6.39. The summed E-state index contributed by atoms with van der Waals surface area (Å²) < 4.78 is 1.78. The molecule has 3 heterocycles. The zero-order valence-electron chi connectivity index (χ0n) is 15.3. The van der Waals surface area contributed by atoms with Gasteiger partial charge in [0.15, 0.2) is 0 Å². The maximum absolute atomic E-state index is 12.4. The molecular weight excluding hydrogens is 324 g/mol. The van der Waals surface area contributed by atoms with Crippen LogP contribution in [0.3, 0.4) is 0 Å². The van der Waals surface area contributed by atoms with Gasteiger partial charge in [0.2, 0.25) is 5.91 Å². The van der Waals surface area contributed by atoms with E-state index < -0.39 is 0 Å². The van der Waals surface area contributed by atoms with Crippen molar-refractivity contribution in [2.24, 2.45) is 18.4 Å². The number of aromatic nitrogens is 2. The van der Waals surface area contributed by atoms with Gasteiger partial charge >= 0.3 is 0 Å². The number of carbonyl (C=O) groups is 1. The van der Waals surface area contributed by atoms with Crippen LogP contribution in [0.25, 0.3) is 0 Å². The molecule has 2 aliphatic heterocycles. The molecule has 2 bridgehead atoms. The Morgan fingerprint density at radius 3 is 2.54 bits per heavy atom. The molecule has 5 nitrogen and oxygen atoms in total. The van der Waals surface area contributed by atoms with Crippen LogP contribution in [0.5, 0.6) is 0 Å². The van der Waals surface area contributed by atoms with Crippen molar-refractivity contribution in [1.82, 2.24) is 15.1 Å². The fourth-order valence-corrected chi connectivity index (χ4v) is 4.07. The molecule has 3 rings (SSSR count). The van der Waals surface area contributed by atoms with Crippen LogP contribution in [-0.2, 0) is 18.3 Å². The van der Waals surface area contributed by atoms with Gasteiger partial charge in [0.05, 0.1) is 5.69 Å². The molecule has 24 heavy (non-hydrogen) atoms. The van der Waals surface area contributed by atoms with Crippen molar-refractivity contribution < 1.29 is 4.79 Å². The van der Waals surface area contributed by atoms with Gasteiger partial charge in [-0.3, -0.25) is 9.48 Å². The minimum atomic E-state index is 0. The lowest BCUT2D eigenvalue weighted by Gasteiger charge is -2.28. The first-order valence-corrected chi connectivity index (χ1v) is 8.87. The molecular formula is C18H31ClN4O. The summed E-state index contributed by atoms with van der Waals surface area (Å²) in [4.78, 5) is 12.4. The molecule has 1 amide bonds. The third-order valence-electron chi connectivity index (χ3n) is 4.95. The molecule has 0 aromatic carbocycles. The van der Waals surface area contributed by atoms with Crippen LogP contribution in [0.1, 0.15) is 58.6 Å². The number of fused-ring (bicyclic) bond motifs is 2. The minimum Gasteiger partial charge on any atom is -0.311 e. The third-order valence-corrected chi connectivity index (χ3v) is 4.95. The number of hydrogen-bond donors (Lipinski definition) is 2. The average Bonchev–Trinajstić information content (AvgIpc) is 2.90. The van der Waals surface area contributed by atoms with E-state index in [0.717, 1.165) is 30.8 Å². The van der Waals surface area contributed by atoms with Crippen molar-refractivity contribution in [1.29, 1.82) is 0 Å². The zero-order valence-corrected chi connectivity index (χ0v) is 16.1. The second kappa shape index (κ2) is 7.44. The highest BCUT2D eigenvalue weighted by Gasteiger charge is 2.34. The number of nitrogens with zero attached hydrogens (tertiary/aromatic N) is 2. The molecule has 6 heteroatoms. The quantitative estimate of drug-likeness (QED) is 0.872. The maximum atomic E-state index is 12.4. The van der Waals surface area contributed by atoms with E-state index in [-0.39, 0.29) is 23.7 Å². The van der Waals surface area contributed by atoms with Gasteiger partial charge in [-0.05, 0) is 43.4 Å². The van der Waals surface area contributed by atoms with Gasteiger partial charge in [-0.15, -0.1) is 12.4 Å². The fraction of sp³-hybridized carbons (Fsp3) is 0.778. The van der Waals surface area contributed by atoms with Crippen LogP contribution in [0.15, 0.2) is 6.07 Å². The molecule has 2 unspecified atom stereocenters. The first kappa shape index (κ1) is 19.3. The molecule has 0 saturated carbocycles. The molecule has 2 aliphatic rings. The monoisotopic (exact) mass is 354 g/mol. The molecule has 0 aliphatic carbocycles. The number of halogens is 1. The number of aryl methyl sites for hydroxylation is 1. The van der Waals surface area contributed by atoms with Crippen LogP contribution in [0.4, 0.5) is 5.82 Å². The number of hydrogen-bond acceptors (Lipinski definition) is 3.